The average molecular weight is 474 g/mol. The number of hydrogen-bond acceptors (Lipinski definition) is 9. The van der Waals surface area contributed by atoms with Crippen LogP contribution in [0.4, 0.5) is 0 Å². The molecule has 1 atom stereocenters. The van der Waals surface area contributed by atoms with Gasteiger partial charge < -0.3 is 19.1 Å². The first-order valence-electron chi connectivity index (χ1n) is 10.2. The standard InChI is InChI=1S/C22H23N3O5S2/c1-28-21(27)15-10-16(12-23-11-15)30-14-17-13-25(7-8-29-17)20(26)6-9-31-22-24-18-4-2-3-5-19(18)32-22/h2-5,10-12,17H,6-9,13-14H2,1H3. The number of methoxy groups -OCH3 is 1. The molecule has 4 rings (SSSR count). The van der Waals surface area contributed by atoms with Crippen molar-refractivity contribution in [3.8, 4) is 5.75 Å². The molecule has 0 radical (unpaired) electrons. The third-order valence-electron chi connectivity index (χ3n) is 4.88. The Bertz CT molecular complexity index is 1060. The number of para-hydroxylation sites is 1. The van der Waals surface area contributed by atoms with Crippen LogP contribution in [0.2, 0.25) is 0 Å². The highest BCUT2D eigenvalue weighted by molar-refractivity contribution is 8.01. The molecule has 1 amide bonds. The fourth-order valence-electron chi connectivity index (χ4n) is 3.26. The summed E-state index contributed by atoms with van der Waals surface area (Å²) < 4.78 is 18.3. The van der Waals surface area contributed by atoms with Crippen LogP contribution < -0.4 is 4.74 Å². The summed E-state index contributed by atoms with van der Waals surface area (Å²) in [4.78, 5) is 34.7. The predicted molar refractivity (Wildman–Crippen MR) is 122 cm³/mol. The monoisotopic (exact) mass is 473 g/mol. The first kappa shape index (κ1) is 22.5. The van der Waals surface area contributed by atoms with E-state index in [2.05, 4.69) is 16.0 Å². The summed E-state index contributed by atoms with van der Waals surface area (Å²) in [6.45, 7) is 1.76. The Hall–Kier alpha value is -2.69. The highest BCUT2D eigenvalue weighted by Gasteiger charge is 2.24. The molecule has 8 nitrogen and oxygen atoms in total. The Morgan fingerprint density at radius 1 is 1.31 bits per heavy atom. The van der Waals surface area contributed by atoms with E-state index >= 15 is 0 Å². The number of rotatable bonds is 8. The Kier molecular flexibility index (Phi) is 7.56. The predicted octanol–water partition coefficient (Wildman–Crippen LogP) is 3.27. The minimum Gasteiger partial charge on any atom is -0.489 e. The van der Waals surface area contributed by atoms with Gasteiger partial charge >= 0.3 is 5.97 Å². The molecule has 0 bridgehead atoms. The lowest BCUT2D eigenvalue weighted by atomic mass is 10.2. The number of amides is 1. The molecule has 1 aliphatic heterocycles. The van der Waals surface area contributed by atoms with Crippen LogP contribution in [0.5, 0.6) is 5.75 Å². The molecule has 1 aliphatic rings. The van der Waals surface area contributed by atoms with Gasteiger partial charge in [0.2, 0.25) is 5.91 Å². The molecular weight excluding hydrogens is 450 g/mol. The van der Waals surface area contributed by atoms with E-state index in [9.17, 15) is 9.59 Å². The fraction of sp³-hybridized carbons (Fsp3) is 0.364. The third kappa shape index (κ3) is 5.76. The zero-order chi connectivity index (χ0) is 22.3. The van der Waals surface area contributed by atoms with Gasteiger partial charge in [-0.25, -0.2) is 9.78 Å². The van der Waals surface area contributed by atoms with Crippen molar-refractivity contribution in [3.05, 3.63) is 48.3 Å². The molecule has 32 heavy (non-hydrogen) atoms. The van der Waals surface area contributed by atoms with Gasteiger partial charge in [-0.05, 0) is 18.2 Å². The zero-order valence-electron chi connectivity index (χ0n) is 17.6. The summed E-state index contributed by atoms with van der Waals surface area (Å²) in [7, 11) is 1.31. The van der Waals surface area contributed by atoms with E-state index in [1.807, 2.05) is 23.1 Å². The SMILES string of the molecule is COC(=O)c1cncc(OCC2CN(C(=O)CCSc3nc4ccccc4s3)CCO2)c1. The topological polar surface area (TPSA) is 90.9 Å². The van der Waals surface area contributed by atoms with Crippen molar-refractivity contribution in [1.29, 1.82) is 0 Å². The molecule has 3 heterocycles. The van der Waals surface area contributed by atoms with Crippen LogP contribution in [0, 0.1) is 0 Å². The summed E-state index contributed by atoms with van der Waals surface area (Å²) in [6.07, 6.45) is 3.14. The van der Waals surface area contributed by atoms with E-state index in [1.165, 1.54) is 19.5 Å². The van der Waals surface area contributed by atoms with Crippen molar-refractivity contribution in [3.63, 3.8) is 0 Å². The second-order valence-corrected chi connectivity index (χ2v) is 9.46. The lowest BCUT2D eigenvalue weighted by molar-refractivity contribution is -0.139. The van der Waals surface area contributed by atoms with Crippen molar-refractivity contribution in [2.75, 3.05) is 39.2 Å². The van der Waals surface area contributed by atoms with E-state index < -0.39 is 5.97 Å². The number of aromatic nitrogens is 2. The Morgan fingerprint density at radius 3 is 3.03 bits per heavy atom. The van der Waals surface area contributed by atoms with E-state index in [1.54, 1.807) is 29.2 Å². The highest BCUT2D eigenvalue weighted by atomic mass is 32.2. The second kappa shape index (κ2) is 10.8. The van der Waals surface area contributed by atoms with E-state index in [0.717, 1.165) is 14.6 Å². The van der Waals surface area contributed by atoms with Crippen molar-refractivity contribution in [2.45, 2.75) is 16.9 Å². The zero-order valence-corrected chi connectivity index (χ0v) is 19.2. The Morgan fingerprint density at radius 2 is 2.19 bits per heavy atom. The molecular formula is C22H23N3O5S2. The molecule has 1 unspecified atom stereocenters. The molecule has 3 aromatic rings. The molecule has 168 valence electrons. The largest absolute Gasteiger partial charge is 0.489 e. The minimum absolute atomic E-state index is 0.0984. The van der Waals surface area contributed by atoms with Crippen molar-refractivity contribution in [2.24, 2.45) is 0 Å². The average Bonchev–Trinajstić information content (AvgIpc) is 3.25. The number of pyridine rings is 1. The number of ether oxygens (including phenoxy) is 3. The third-order valence-corrected chi connectivity index (χ3v) is 7.06. The summed E-state index contributed by atoms with van der Waals surface area (Å²) in [5.74, 6) is 0.759. The normalized spacial score (nSPS) is 16.2. The number of thioether (sulfide) groups is 1. The maximum absolute atomic E-state index is 12.7. The van der Waals surface area contributed by atoms with E-state index in [-0.39, 0.29) is 18.6 Å². The number of nitrogens with zero attached hydrogens (tertiary/aromatic N) is 3. The number of fused-ring (bicyclic) bond motifs is 1. The van der Waals surface area contributed by atoms with Crippen LogP contribution in [0.3, 0.4) is 0 Å². The maximum Gasteiger partial charge on any atom is 0.339 e. The lowest BCUT2D eigenvalue weighted by Gasteiger charge is -2.32. The smallest absolute Gasteiger partial charge is 0.339 e. The highest BCUT2D eigenvalue weighted by Crippen LogP contribution is 2.29. The van der Waals surface area contributed by atoms with Crippen molar-refractivity contribution < 1.29 is 23.8 Å². The number of morpholine rings is 1. The van der Waals surface area contributed by atoms with Gasteiger partial charge in [-0.2, -0.15) is 0 Å². The minimum atomic E-state index is -0.475. The molecule has 0 aliphatic carbocycles. The number of esters is 1. The van der Waals surface area contributed by atoms with E-state index in [4.69, 9.17) is 14.2 Å². The van der Waals surface area contributed by atoms with E-state index in [0.29, 0.717) is 43.2 Å². The van der Waals surface area contributed by atoms with Crippen LogP contribution in [0.25, 0.3) is 10.2 Å². The lowest BCUT2D eigenvalue weighted by Crippen LogP contribution is -2.47. The van der Waals surface area contributed by atoms with Crippen LogP contribution >= 0.6 is 23.1 Å². The van der Waals surface area contributed by atoms with Gasteiger partial charge in [0.05, 0.1) is 42.2 Å². The molecule has 0 saturated carbocycles. The van der Waals surface area contributed by atoms with Gasteiger partial charge in [0.1, 0.15) is 18.5 Å². The molecule has 10 heteroatoms. The second-order valence-electron chi connectivity index (χ2n) is 7.09. The van der Waals surface area contributed by atoms with Crippen LogP contribution in [0.15, 0.2) is 47.1 Å². The summed E-state index contributed by atoms with van der Waals surface area (Å²) in [5.41, 5.74) is 1.31. The van der Waals surface area contributed by atoms with Crippen LogP contribution in [-0.4, -0.2) is 72.0 Å². The first-order chi connectivity index (χ1) is 15.6. The quantitative estimate of drug-likeness (QED) is 0.364. The Labute approximate surface area is 193 Å². The van der Waals surface area contributed by atoms with Crippen LogP contribution in [-0.2, 0) is 14.3 Å². The maximum atomic E-state index is 12.7. The molecule has 1 aromatic carbocycles. The molecule has 2 aromatic heterocycles. The summed E-state index contributed by atoms with van der Waals surface area (Å²) in [5, 5.41) is 0. The molecule has 1 fully saturated rings. The molecule has 0 N–H and O–H groups in total. The van der Waals surface area contributed by atoms with Gasteiger partial charge in [-0.1, -0.05) is 23.9 Å². The van der Waals surface area contributed by atoms with Gasteiger partial charge in [0.25, 0.3) is 0 Å². The van der Waals surface area contributed by atoms with Gasteiger partial charge in [0, 0.05) is 24.9 Å². The first-order valence-corrected chi connectivity index (χ1v) is 12.0. The summed E-state index contributed by atoms with van der Waals surface area (Å²) in [6, 6.07) is 9.61. The number of benzene rings is 1. The Balaban J connectivity index is 1.23. The van der Waals surface area contributed by atoms with Crippen molar-refractivity contribution >= 4 is 45.2 Å². The number of carbonyl (C=O) groups excluding carboxylic acids is 2. The van der Waals surface area contributed by atoms with Gasteiger partial charge in [-0.3, -0.25) is 9.78 Å². The molecule has 0 spiro atoms. The number of carbonyl (C=O) groups is 2. The fourth-order valence-corrected chi connectivity index (χ4v) is 5.33. The van der Waals surface area contributed by atoms with Gasteiger partial charge in [-0.15, -0.1) is 11.3 Å². The van der Waals surface area contributed by atoms with Crippen LogP contribution in [0.1, 0.15) is 16.8 Å². The summed E-state index contributed by atoms with van der Waals surface area (Å²) >= 11 is 3.26. The van der Waals surface area contributed by atoms with Gasteiger partial charge in [0.15, 0.2) is 4.34 Å². The molecule has 1 saturated heterocycles. The van der Waals surface area contributed by atoms with Crippen molar-refractivity contribution in [1.82, 2.24) is 14.9 Å². The number of thiazole rings is 1. The number of hydrogen-bond donors (Lipinski definition) is 0.